The van der Waals surface area contributed by atoms with Gasteiger partial charge >= 0.3 is 0 Å². The molecule has 140 valence electrons. The average molecular weight is 398 g/mol. The number of nitrogens with one attached hydrogen (secondary N) is 1. The van der Waals surface area contributed by atoms with Gasteiger partial charge in [0.25, 0.3) is 5.91 Å². The minimum atomic E-state index is -3.78. The van der Waals surface area contributed by atoms with Crippen molar-refractivity contribution in [1.82, 2.24) is 9.62 Å². The van der Waals surface area contributed by atoms with Crippen molar-refractivity contribution in [2.75, 3.05) is 32.8 Å². The molecule has 1 fully saturated rings. The first-order chi connectivity index (χ1) is 12.5. The highest BCUT2D eigenvalue weighted by atomic mass is 32.2. The second-order valence-corrected chi connectivity index (χ2v) is 8.71. The Morgan fingerprint density at radius 1 is 1.27 bits per heavy atom. The fourth-order valence-electron chi connectivity index (χ4n) is 2.62. The molecule has 0 spiro atoms. The molecule has 0 aliphatic carbocycles. The smallest absolute Gasteiger partial charge is 0.254 e. The predicted molar refractivity (Wildman–Crippen MR) is 96.3 cm³/mol. The first kappa shape index (κ1) is 19.0. The van der Waals surface area contributed by atoms with E-state index < -0.39 is 21.7 Å². The van der Waals surface area contributed by atoms with Crippen LogP contribution in [0.3, 0.4) is 0 Å². The molecule has 1 aliphatic heterocycles. The quantitative estimate of drug-likeness (QED) is 0.806. The number of benzene rings is 1. The van der Waals surface area contributed by atoms with Crippen LogP contribution in [0.15, 0.2) is 40.6 Å². The summed E-state index contributed by atoms with van der Waals surface area (Å²) >= 11 is 1.57. The largest absolute Gasteiger partial charge is 0.379 e. The SMILES string of the molecule is O=C(NCCc1cccs1)c1cc(S(=O)(=O)N2CCOCC2)ccc1F. The first-order valence-corrected chi connectivity index (χ1v) is 10.5. The van der Waals surface area contributed by atoms with E-state index in [0.29, 0.717) is 26.2 Å². The maximum Gasteiger partial charge on any atom is 0.254 e. The Labute approximate surface area is 155 Å². The van der Waals surface area contributed by atoms with Crippen molar-refractivity contribution in [2.45, 2.75) is 11.3 Å². The summed E-state index contributed by atoms with van der Waals surface area (Å²) < 4.78 is 45.8. The molecule has 0 radical (unpaired) electrons. The van der Waals surface area contributed by atoms with E-state index in [-0.39, 0.29) is 23.5 Å². The topological polar surface area (TPSA) is 75.7 Å². The van der Waals surface area contributed by atoms with Gasteiger partial charge in [-0.1, -0.05) is 6.07 Å². The summed E-state index contributed by atoms with van der Waals surface area (Å²) in [6.07, 6.45) is 0.636. The minimum Gasteiger partial charge on any atom is -0.379 e. The van der Waals surface area contributed by atoms with E-state index in [4.69, 9.17) is 4.74 Å². The molecular formula is C17H19FN2O4S2. The third kappa shape index (κ3) is 4.29. The van der Waals surface area contributed by atoms with Crippen LogP contribution in [0.25, 0.3) is 0 Å². The van der Waals surface area contributed by atoms with Gasteiger partial charge in [-0.3, -0.25) is 4.79 Å². The molecule has 0 saturated carbocycles. The lowest BCUT2D eigenvalue weighted by molar-refractivity contribution is 0.0730. The van der Waals surface area contributed by atoms with Gasteiger partial charge in [0.05, 0.1) is 23.7 Å². The van der Waals surface area contributed by atoms with Crippen molar-refractivity contribution in [2.24, 2.45) is 0 Å². The van der Waals surface area contributed by atoms with E-state index in [0.717, 1.165) is 17.0 Å². The fraction of sp³-hybridized carbons (Fsp3) is 0.353. The molecule has 1 aromatic carbocycles. The molecule has 0 atom stereocenters. The summed E-state index contributed by atoms with van der Waals surface area (Å²) in [6.45, 7) is 1.45. The van der Waals surface area contributed by atoms with E-state index in [1.54, 1.807) is 11.3 Å². The molecule has 6 nitrogen and oxygen atoms in total. The first-order valence-electron chi connectivity index (χ1n) is 8.16. The normalized spacial score (nSPS) is 15.7. The number of nitrogens with zero attached hydrogens (tertiary/aromatic N) is 1. The Morgan fingerprint density at radius 3 is 2.73 bits per heavy atom. The lowest BCUT2D eigenvalue weighted by Gasteiger charge is -2.26. The molecule has 1 N–H and O–H groups in total. The summed E-state index contributed by atoms with van der Waals surface area (Å²) in [5.74, 6) is -1.38. The molecule has 9 heteroatoms. The Hall–Kier alpha value is -1.81. The van der Waals surface area contributed by atoms with Crippen molar-refractivity contribution >= 4 is 27.3 Å². The number of hydrogen-bond donors (Lipinski definition) is 1. The monoisotopic (exact) mass is 398 g/mol. The summed E-state index contributed by atoms with van der Waals surface area (Å²) in [7, 11) is -3.78. The Balaban J connectivity index is 1.73. The van der Waals surface area contributed by atoms with Crippen molar-refractivity contribution in [3.8, 4) is 0 Å². The van der Waals surface area contributed by atoms with Crippen LogP contribution in [0.5, 0.6) is 0 Å². The van der Waals surface area contributed by atoms with Crippen LogP contribution in [0, 0.1) is 5.82 Å². The summed E-state index contributed by atoms with van der Waals surface area (Å²) in [5, 5.41) is 4.58. The molecular weight excluding hydrogens is 379 g/mol. The van der Waals surface area contributed by atoms with Crippen LogP contribution < -0.4 is 5.32 Å². The van der Waals surface area contributed by atoms with Gasteiger partial charge in [-0.05, 0) is 36.1 Å². The third-order valence-electron chi connectivity index (χ3n) is 4.03. The highest BCUT2D eigenvalue weighted by Gasteiger charge is 2.27. The Morgan fingerprint density at radius 2 is 2.04 bits per heavy atom. The van der Waals surface area contributed by atoms with E-state index in [9.17, 15) is 17.6 Å². The highest BCUT2D eigenvalue weighted by molar-refractivity contribution is 7.89. The molecule has 1 saturated heterocycles. The van der Waals surface area contributed by atoms with Crippen molar-refractivity contribution < 1.29 is 22.3 Å². The van der Waals surface area contributed by atoms with Gasteiger partial charge in [-0.15, -0.1) is 11.3 Å². The zero-order chi connectivity index (χ0) is 18.6. The van der Waals surface area contributed by atoms with Crippen LogP contribution in [-0.4, -0.2) is 51.5 Å². The third-order valence-corrected chi connectivity index (χ3v) is 6.86. The molecule has 0 bridgehead atoms. The second-order valence-electron chi connectivity index (χ2n) is 5.74. The van der Waals surface area contributed by atoms with Crippen LogP contribution in [0.4, 0.5) is 4.39 Å². The van der Waals surface area contributed by atoms with Crippen LogP contribution in [-0.2, 0) is 21.2 Å². The van der Waals surface area contributed by atoms with Crippen LogP contribution >= 0.6 is 11.3 Å². The second kappa shape index (κ2) is 8.26. The highest BCUT2D eigenvalue weighted by Crippen LogP contribution is 2.20. The number of halogens is 1. The lowest BCUT2D eigenvalue weighted by atomic mass is 10.2. The number of hydrogen-bond acceptors (Lipinski definition) is 5. The van der Waals surface area contributed by atoms with Gasteiger partial charge < -0.3 is 10.1 Å². The molecule has 2 heterocycles. The number of sulfonamides is 1. The molecule has 2 aromatic rings. The van der Waals surface area contributed by atoms with Gasteiger partial charge in [0, 0.05) is 24.5 Å². The fourth-order valence-corrected chi connectivity index (χ4v) is 4.77. The van der Waals surface area contributed by atoms with Gasteiger partial charge in [0.15, 0.2) is 0 Å². The average Bonchev–Trinajstić information content (AvgIpc) is 3.16. The number of carbonyl (C=O) groups is 1. The molecule has 3 rings (SSSR count). The van der Waals surface area contributed by atoms with Gasteiger partial charge in [-0.2, -0.15) is 4.31 Å². The standard InChI is InChI=1S/C17H19FN2O4S2/c18-16-4-3-14(26(22,23)20-7-9-24-10-8-20)12-15(16)17(21)19-6-5-13-2-1-11-25-13/h1-4,11-12H,5-10H2,(H,19,21). The lowest BCUT2D eigenvalue weighted by Crippen LogP contribution is -2.40. The molecule has 0 unspecified atom stereocenters. The molecule has 1 aliphatic rings. The van der Waals surface area contributed by atoms with Crippen molar-refractivity contribution in [1.29, 1.82) is 0 Å². The van der Waals surface area contributed by atoms with E-state index in [1.807, 2.05) is 17.5 Å². The number of amides is 1. The van der Waals surface area contributed by atoms with Gasteiger partial charge in [0.1, 0.15) is 5.82 Å². The zero-order valence-electron chi connectivity index (χ0n) is 14.0. The van der Waals surface area contributed by atoms with E-state index >= 15 is 0 Å². The van der Waals surface area contributed by atoms with E-state index in [2.05, 4.69) is 5.32 Å². The number of ether oxygens (including phenoxy) is 1. The number of rotatable bonds is 6. The summed E-state index contributed by atoms with van der Waals surface area (Å²) in [5.41, 5.74) is -0.273. The van der Waals surface area contributed by atoms with E-state index in [1.165, 1.54) is 10.4 Å². The summed E-state index contributed by atoms with van der Waals surface area (Å²) in [6, 6.07) is 7.17. The number of morpholine rings is 1. The Bertz CT molecular complexity index is 863. The van der Waals surface area contributed by atoms with Crippen molar-refractivity contribution in [3.05, 3.63) is 52.0 Å². The minimum absolute atomic E-state index is 0.0933. The predicted octanol–water partition coefficient (Wildman–Crippen LogP) is 1.88. The Kier molecular flexibility index (Phi) is 6.02. The molecule has 1 amide bonds. The summed E-state index contributed by atoms with van der Waals surface area (Å²) in [4.78, 5) is 13.3. The maximum atomic E-state index is 14.1. The van der Waals surface area contributed by atoms with Gasteiger partial charge in [-0.25, -0.2) is 12.8 Å². The van der Waals surface area contributed by atoms with Crippen molar-refractivity contribution in [3.63, 3.8) is 0 Å². The maximum absolute atomic E-state index is 14.1. The van der Waals surface area contributed by atoms with Gasteiger partial charge in [0.2, 0.25) is 10.0 Å². The zero-order valence-corrected chi connectivity index (χ0v) is 15.6. The van der Waals surface area contributed by atoms with Crippen LogP contribution in [0.1, 0.15) is 15.2 Å². The van der Waals surface area contributed by atoms with Crippen LogP contribution in [0.2, 0.25) is 0 Å². The number of thiophene rings is 1. The molecule has 1 aromatic heterocycles. The molecule has 26 heavy (non-hydrogen) atoms. The number of carbonyl (C=O) groups excluding carboxylic acids is 1.